The van der Waals surface area contributed by atoms with Crippen LogP contribution < -0.4 is 5.32 Å². The lowest BCUT2D eigenvalue weighted by Gasteiger charge is -2.25. The summed E-state index contributed by atoms with van der Waals surface area (Å²) in [5, 5.41) is 2.30. The summed E-state index contributed by atoms with van der Waals surface area (Å²) in [4.78, 5) is 22.1. The summed E-state index contributed by atoms with van der Waals surface area (Å²) in [5.41, 5.74) is 0. The highest BCUT2D eigenvalue weighted by Gasteiger charge is 2.33. The quantitative estimate of drug-likeness (QED) is 0.591. The summed E-state index contributed by atoms with van der Waals surface area (Å²) in [6.07, 6.45) is 3.06. The monoisotopic (exact) mass is 183 g/mol. The number of ether oxygens (including phenoxy) is 1. The molecule has 2 rings (SSSR count). The normalized spacial score (nSPS) is 30.6. The maximum atomic E-state index is 11.1. The van der Waals surface area contributed by atoms with E-state index in [9.17, 15) is 9.59 Å². The smallest absolute Gasteiger partial charge is 0.226 e. The summed E-state index contributed by atoms with van der Waals surface area (Å²) >= 11 is 0. The SMILES string of the molecule is O=C1CC(C2CCCO2)CC(=O)N1. The predicted molar refractivity (Wildman–Crippen MR) is 44.8 cm³/mol. The van der Waals surface area contributed by atoms with Gasteiger partial charge in [-0.3, -0.25) is 14.9 Å². The molecule has 1 N–H and O–H groups in total. The number of nitrogens with one attached hydrogen (secondary N) is 1. The maximum Gasteiger partial charge on any atom is 0.226 e. The molecule has 1 unspecified atom stereocenters. The van der Waals surface area contributed by atoms with Crippen LogP contribution in [0.15, 0.2) is 0 Å². The first-order valence-electron chi connectivity index (χ1n) is 4.70. The number of amides is 2. The molecule has 2 heterocycles. The van der Waals surface area contributed by atoms with Crippen molar-refractivity contribution in [2.45, 2.75) is 31.8 Å². The Hall–Kier alpha value is -0.900. The zero-order valence-electron chi connectivity index (χ0n) is 7.41. The molecular weight excluding hydrogens is 170 g/mol. The molecule has 0 spiro atoms. The molecule has 2 aliphatic heterocycles. The molecule has 13 heavy (non-hydrogen) atoms. The van der Waals surface area contributed by atoms with Gasteiger partial charge in [-0.25, -0.2) is 0 Å². The van der Waals surface area contributed by atoms with Crippen LogP contribution in [-0.4, -0.2) is 24.5 Å². The molecule has 0 bridgehead atoms. The van der Waals surface area contributed by atoms with E-state index >= 15 is 0 Å². The number of imide groups is 1. The molecule has 0 aromatic carbocycles. The van der Waals surface area contributed by atoms with Crippen LogP contribution in [0, 0.1) is 5.92 Å². The number of rotatable bonds is 1. The van der Waals surface area contributed by atoms with Gasteiger partial charge < -0.3 is 4.74 Å². The highest BCUT2D eigenvalue weighted by atomic mass is 16.5. The van der Waals surface area contributed by atoms with Crippen LogP contribution in [-0.2, 0) is 14.3 Å². The van der Waals surface area contributed by atoms with Crippen molar-refractivity contribution in [1.29, 1.82) is 0 Å². The van der Waals surface area contributed by atoms with Gasteiger partial charge in [0.1, 0.15) is 0 Å². The summed E-state index contributed by atoms with van der Waals surface area (Å²) < 4.78 is 5.46. The highest BCUT2D eigenvalue weighted by molar-refractivity contribution is 5.97. The molecule has 0 aromatic heterocycles. The van der Waals surface area contributed by atoms with Gasteiger partial charge in [0.15, 0.2) is 0 Å². The second-order valence-electron chi connectivity index (χ2n) is 3.69. The Morgan fingerprint density at radius 2 is 1.92 bits per heavy atom. The van der Waals surface area contributed by atoms with Crippen LogP contribution in [0.5, 0.6) is 0 Å². The van der Waals surface area contributed by atoms with Crippen molar-refractivity contribution >= 4 is 11.8 Å². The van der Waals surface area contributed by atoms with Crippen molar-refractivity contribution in [2.75, 3.05) is 6.61 Å². The first-order valence-corrected chi connectivity index (χ1v) is 4.70. The number of hydrogen-bond acceptors (Lipinski definition) is 3. The van der Waals surface area contributed by atoms with Gasteiger partial charge in [0, 0.05) is 25.4 Å². The van der Waals surface area contributed by atoms with Crippen molar-refractivity contribution in [3.8, 4) is 0 Å². The molecule has 2 saturated heterocycles. The van der Waals surface area contributed by atoms with Crippen molar-refractivity contribution < 1.29 is 14.3 Å². The van der Waals surface area contributed by atoms with E-state index in [2.05, 4.69) is 5.32 Å². The third-order valence-electron chi connectivity index (χ3n) is 2.66. The van der Waals surface area contributed by atoms with Crippen LogP contribution >= 0.6 is 0 Å². The topological polar surface area (TPSA) is 55.4 Å². The lowest BCUT2D eigenvalue weighted by Crippen LogP contribution is -2.42. The van der Waals surface area contributed by atoms with Crippen LogP contribution in [0.3, 0.4) is 0 Å². The second kappa shape index (κ2) is 3.46. The summed E-state index contributed by atoms with van der Waals surface area (Å²) in [6, 6.07) is 0. The molecule has 2 aliphatic rings. The van der Waals surface area contributed by atoms with Gasteiger partial charge in [-0.2, -0.15) is 0 Å². The van der Waals surface area contributed by atoms with Gasteiger partial charge in [0.25, 0.3) is 0 Å². The number of carbonyl (C=O) groups is 2. The average Bonchev–Trinajstić information content (AvgIpc) is 2.53. The Labute approximate surface area is 76.6 Å². The molecule has 0 aromatic rings. The predicted octanol–water partition coefficient (Wildman–Crippen LogP) is 0.218. The van der Waals surface area contributed by atoms with E-state index in [0.717, 1.165) is 19.4 Å². The molecule has 2 fully saturated rings. The van der Waals surface area contributed by atoms with Gasteiger partial charge in [-0.05, 0) is 12.8 Å². The first-order chi connectivity index (χ1) is 6.25. The minimum absolute atomic E-state index is 0.115. The Morgan fingerprint density at radius 1 is 1.23 bits per heavy atom. The maximum absolute atomic E-state index is 11.1. The Kier molecular flexibility index (Phi) is 2.31. The van der Waals surface area contributed by atoms with Gasteiger partial charge in [0.2, 0.25) is 11.8 Å². The van der Waals surface area contributed by atoms with Crippen molar-refractivity contribution in [3.05, 3.63) is 0 Å². The van der Waals surface area contributed by atoms with Crippen molar-refractivity contribution in [1.82, 2.24) is 5.32 Å². The molecule has 0 aliphatic carbocycles. The van der Waals surface area contributed by atoms with E-state index in [0.29, 0.717) is 12.8 Å². The van der Waals surface area contributed by atoms with Gasteiger partial charge in [-0.15, -0.1) is 0 Å². The summed E-state index contributed by atoms with van der Waals surface area (Å²) in [6.45, 7) is 0.775. The molecule has 4 heteroatoms. The number of hydrogen-bond donors (Lipinski definition) is 1. The van der Waals surface area contributed by atoms with Crippen LogP contribution in [0.4, 0.5) is 0 Å². The third kappa shape index (κ3) is 1.88. The standard InChI is InChI=1S/C9H13NO3/c11-8-4-6(5-9(12)10-8)7-2-1-3-13-7/h6-7H,1-5H2,(H,10,11,12). The first kappa shape index (κ1) is 8.69. The molecular formula is C9H13NO3. The molecule has 72 valence electrons. The van der Waals surface area contributed by atoms with Gasteiger partial charge >= 0.3 is 0 Å². The zero-order chi connectivity index (χ0) is 9.26. The Balaban J connectivity index is 1.97. The molecule has 1 atom stereocenters. The van der Waals surface area contributed by atoms with E-state index in [-0.39, 0.29) is 23.8 Å². The van der Waals surface area contributed by atoms with E-state index in [1.165, 1.54) is 0 Å². The summed E-state index contributed by atoms with van der Waals surface area (Å²) in [7, 11) is 0. The summed E-state index contributed by atoms with van der Waals surface area (Å²) in [5.74, 6) is -0.197. The van der Waals surface area contributed by atoms with E-state index in [1.807, 2.05) is 0 Å². The fourth-order valence-corrected chi connectivity index (χ4v) is 2.04. The van der Waals surface area contributed by atoms with Crippen LogP contribution in [0.1, 0.15) is 25.7 Å². The van der Waals surface area contributed by atoms with E-state index in [1.54, 1.807) is 0 Å². The van der Waals surface area contributed by atoms with Crippen LogP contribution in [0.2, 0.25) is 0 Å². The fourth-order valence-electron chi connectivity index (χ4n) is 2.04. The minimum Gasteiger partial charge on any atom is -0.378 e. The van der Waals surface area contributed by atoms with E-state index < -0.39 is 0 Å². The van der Waals surface area contributed by atoms with E-state index in [4.69, 9.17) is 4.74 Å². The van der Waals surface area contributed by atoms with Gasteiger partial charge in [-0.1, -0.05) is 0 Å². The largest absolute Gasteiger partial charge is 0.378 e. The number of piperidine rings is 1. The minimum atomic E-state index is -0.156. The molecule has 0 saturated carbocycles. The Morgan fingerprint density at radius 3 is 2.46 bits per heavy atom. The zero-order valence-corrected chi connectivity index (χ0v) is 7.41. The Bertz CT molecular complexity index is 217. The molecule has 0 radical (unpaired) electrons. The molecule has 4 nitrogen and oxygen atoms in total. The molecule has 2 amide bonds. The fraction of sp³-hybridized carbons (Fsp3) is 0.778. The number of carbonyl (C=O) groups excluding carboxylic acids is 2. The third-order valence-corrected chi connectivity index (χ3v) is 2.66. The lowest BCUT2D eigenvalue weighted by molar-refractivity contribution is -0.136. The van der Waals surface area contributed by atoms with Gasteiger partial charge in [0.05, 0.1) is 6.10 Å². The second-order valence-corrected chi connectivity index (χ2v) is 3.69. The van der Waals surface area contributed by atoms with Crippen molar-refractivity contribution in [3.63, 3.8) is 0 Å². The highest BCUT2D eigenvalue weighted by Crippen LogP contribution is 2.27. The van der Waals surface area contributed by atoms with Crippen LogP contribution in [0.25, 0.3) is 0 Å². The lowest BCUT2D eigenvalue weighted by atomic mass is 9.90. The average molecular weight is 183 g/mol. The van der Waals surface area contributed by atoms with Crippen molar-refractivity contribution in [2.24, 2.45) is 5.92 Å².